The third kappa shape index (κ3) is 8.39. The van der Waals surface area contributed by atoms with Gasteiger partial charge in [0.15, 0.2) is 0 Å². The second-order valence-corrected chi connectivity index (χ2v) is 10.3. The molecule has 218 valence electrons. The Hall–Kier alpha value is -3.73. The number of non-ortho nitro benzene ring substituents is 1. The molecule has 0 saturated carbocycles. The number of aliphatic carboxylic acids is 1. The van der Waals surface area contributed by atoms with Crippen molar-refractivity contribution < 1.29 is 28.3 Å². The number of ether oxygens (including phenoxy) is 1. The maximum Gasteiger partial charge on any atom is 0.321 e. The van der Waals surface area contributed by atoms with Crippen molar-refractivity contribution >= 4 is 11.7 Å². The summed E-state index contributed by atoms with van der Waals surface area (Å²) in [4.78, 5) is 27.4. The van der Waals surface area contributed by atoms with Gasteiger partial charge in [0.25, 0.3) is 5.69 Å². The van der Waals surface area contributed by atoms with Gasteiger partial charge in [0.1, 0.15) is 17.7 Å². The van der Waals surface area contributed by atoms with Crippen LogP contribution >= 0.6 is 0 Å². The Bertz CT molecular complexity index is 1340. The van der Waals surface area contributed by atoms with Crippen LogP contribution in [0.4, 0.5) is 14.5 Å². The molecule has 1 N–H and O–H groups in total. The number of nitro benzene ring substituents is 1. The maximum absolute atomic E-state index is 14.1. The lowest BCUT2D eigenvalue weighted by molar-refractivity contribution is -0.384. The van der Waals surface area contributed by atoms with Crippen LogP contribution in [-0.2, 0) is 35.5 Å². The van der Waals surface area contributed by atoms with Crippen LogP contribution in [0, 0.1) is 21.7 Å². The topological polar surface area (TPSA) is 96.2 Å². The van der Waals surface area contributed by atoms with Crippen LogP contribution in [-0.4, -0.2) is 64.2 Å². The molecule has 8 nitrogen and oxygen atoms in total. The highest BCUT2D eigenvalue weighted by Gasteiger charge is 2.30. The van der Waals surface area contributed by atoms with E-state index < -0.39 is 16.9 Å². The summed E-state index contributed by atoms with van der Waals surface area (Å²) >= 11 is 0. The molecule has 0 radical (unpaired) electrons. The van der Waals surface area contributed by atoms with Crippen LogP contribution in [0.15, 0.2) is 66.7 Å². The van der Waals surface area contributed by atoms with Gasteiger partial charge < -0.3 is 9.84 Å². The lowest BCUT2D eigenvalue weighted by atomic mass is 9.90. The van der Waals surface area contributed by atoms with Gasteiger partial charge >= 0.3 is 5.97 Å². The first-order chi connectivity index (χ1) is 19.7. The molecule has 41 heavy (non-hydrogen) atoms. The minimum atomic E-state index is -0.988. The number of hydrogen-bond acceptors (Lipinski definition) is 6. The highest BCUT2D eigenvalue weighted by molar-refractivity contribution is 5.73. The van der Waals surface area contributed by atoms with Gasteiger partial charge in [-0.25, -0.2) is 8.78 Å². The molecule has 1 aliphatic heterocycles. The average molecular weight is 568 g/mol. The van der Waals surface area contributed by atoms with Crippen molar-refractivity contribution in [2.75, 3.05) is 26.3 Å². The van der Waals surface area contributed by atoms with E-state index in [0.29, 0.717) is 44.6 Å². The minimum absolute atomic E-state index is 0.0128. The number of carboxylic acids is 1. The first-order valence-corrected chi connectivity index (χ1v) is 13.8. The Morgan fingerprint density at radius 1 is 1.10 bits per heavy atom. The predicted molar refractivity (Wildman–Crippen MR) is 150 cm³/mol. The fourth-order valence-electron chi connectivity index (χ4n) is 5.43. The number of rotatable bonds is 14. The summed E-state index contributed by atoms with van der Waals surface area (Å²) in [6.45, 7) is 4.24. The summed E-state index contributed by atoms with van der Waals surface area (Å²) < 4.78 is 33.0. The average Bonchev–Trinajstić information content (AvgIpc) is 2.95. The molecular formula is C31H35F2N3O5. The first-order valence-electron chi connectivity index (χ1n) is 13.8. The van der Waals surface area contributed by atoms with Crippen LogP contribution in [0.25, 0.3) is 0 Å². The Morgan fingerprint density at radius 2 is 1.85 bits per heavy atom. The summed E-state index contributed by atoms with van der Waals surface area (Å²) in [6.07, 6.45) is 1.48. The van der Waals surface area contributed by atoms with E-state index in [1.54, 1.807) is 36.4 Å². The molecule has 4 rings (SSSR count). The quantitative estimate of drug-likeness (QED) is 0.162. The molecule has 0 amide bonds. The van der Waals surface area contributed by atoms with Gasteiger partial charge in [-0.05, 0) is 72.7 Å². The minimum Gasteiger partial charge on any atom is -0.480 e. The number of benzene rings is 3. The van der Waals surface area contributed by atoms with Crippen molar-refractivity contribution in [3.8, 4) is 0 Å². The Labute approximate surface area is 238 Å². The molecule has 1 heterocycles. The summed E-state index contributed by atoms with van der Waals surface area (Å²) in [5.41, 5.74) is 3.49. The van der Waals surface area contributed by atoms with E-state index in [1.165, 1.54) is 30.3 Å². The van der Waals surface area contributed by atoms with Gasteiger partial charge in [-0.1, -0.05) is 30.3 Å². The zero-order chi connectivity index (χ0) is 29.4. The molecule has 0 fully saturated rings. The van der Waals surface area contributed by atoms with Gasteiger partial charge in [0.05, 0.1) is 4.92 Å². The molecule has 0 spiro atoms. The summed E-state index contributed by atoms with van der Waals surface area (Å²) in [6, 6.07) is 16.5. The van der Waals surface area contributed by atoms with E-state index in [0.717, 1.165) is 16.7 Å². The highest BCUT2D eigenvalue weighted by atomic mass is 19.1. The van der Waals surface area contributed by atoms with Crippen molar-refractivity contribution in [2.24, 2.45) is 0 Å². The van der Waals surface area contributed by atoms with Crippen LogP contribution in [0.3, 0.4) is 0 Å². The van der Waals surface area contributed by atoms with E-state index in [4.69, 9.17) is 4.74 Å². The van der Waals surface area contributed by atoms with E-state index in [-0.39, 0.29) is 42.9 Å². The Kier molecular flexibility index (Phi) is 10.5. The maximum atomic E-state index is 14.1. The van der Waals surface area contributed by atoms with Gasteiger partial charge in [-0.2, -0.15) is 0 Å². The monoisotopic (exact) mass is 567 g/mol. The molecule has 3 aromatic carbocycles. The zero-order valence-electron chi connectivity index (χ0n) is 23.0. The van der Waals surface area contributed by atoms with Crippen molar-refractivity contribution in [2.45, 2.75) is 51.4 Å². The molecule has 0 aliphatic carbocycles. The summed E-state index contributed by atoms with van der Waals surface area (Å²) in [7, 11) is 0. The third-order valence-electron chi connectivity index (χ3n) is 7.55. The van der Waals surface area contributed by atoms with Gasteiger partial charge in [-0.3, -0.25) is 24.7 Å². The zero-order valence-corrected chi connectivity index (χ0v) is 23.0. The highest BCUT2D eigenvalue weighted by Crippen LogP contribution is 2.27. The third-order valence-corrected chi connectivity index (χ3v) is 7.55. The normalized spacial score (nSPS) is 16.0. The SMILES string of the molecule is CCOCCC(C(=O)O)N(CCN1Cc2ccc(F)cc2CC1Cc1ccc(F)cc1)Cc1cccc([N+](=O)[O-])c1. The fraction of sp³-hybridized carbons (Fsp3) is 0.387. The van der Waals surface area contributed by atoms with Crippen molar-refractivity contribution in [1.29, 1.82) is 0 Å². The van der Waals surface area contributed by atoms with Gasteiger partial charge in [0, 0.05) is 57.6 Å². The van der Waals surface area contributed by atoms with Gasteiger partial charge in [0.2, 0.25) is 0 Å². The number of carboxylic acid groups (broad SMARTS) is 1. The smallest absolute Gasteiger partial charge is 0.321 e. The summed E-state index contributed by atoms with van der Waals surface area (Å²) in [5, 5.41) is 21.5. The molecular weight excluding hydrogens is 532 g/mol. The largest absolute Gasteiger partial charge is 0.480 e. The first kappa shape index (κ1) is 30.2. The number of halogens is 2. The van der Waals surface area contributed by atoms with E-state index in [2.05, 4.69) is 4.90 Å². The fourth-order valence-corrected chi connectivity index (χ4v) is 5.43. The molecule has 0 saturated heterocycles. The molecule has 3 aromatic rings. The van der Waals surface area contributed by atoms with Crippen molar-refractivity contribution in [1.82, 2.24) is 9.80 Å². The molecule has 0 aromatic heterocycles. The van der Waals surface area contributed by atoms with Crippen LogP contribution in [0.5, 0.6) is 0 Å². The second-order valence-electron chi connectivity index (χ2n) is 10.3. The number of nitro groups is 1. The van der Waals surface area contributed by atoms with E-state index in [1.807, 2.05) is 11.8 Å². The lowest BCUT2D eigenvalue weighted by Gasteiger charge is -2.39. The number of carbonyl (C=O) groups is 1. The van der Waals surface area contributed by atoms with E-state index >= 15 is 0 Å². The molecule has 0 bridgehead atoms. The molecule has 1 aliphatic rings. The van der Waals surface area contributed by atoms with Crippen LogP contribution < -0.4 is 0 Å². The van der Waals surface area contributed by atoms with Gasteiger partial charge in [-0.15, -0.1) is 0 Å². The van der Waals surface area contributed by atoms with E-state index in [9.17, 15) is 28.8 Å². The lowest BCUT2D eigenvalue weighted by Crippen LogP contribution is -2.49. The standard InChI is InChI=1S/C31H35F2N3O5/c1-2-41-15-12-30(31(37)38)35(20-23-4-3-5-28(17-23)36(39)40)14-13-34-21-24-8-11-27(33)18-25(24)19-29(34)16-22-6-9-26(32)10-7-22/h3-11,17-18,29-30H,2,12-16,19-21H2,1H3,(H,37,38). The summed E-state index contributed by atoms with van der Waals surface area (Å²) in [5.74, 6) is -1.60. The number of nitrogens with zero attached hydrogens (tertiary/aromatic N) is 3. The second kappa shape index (κ2) is 14.2. The predicted octanol–water partition coefficient (Wildman–Crippen LogP) is 5.22. The van der Waals surface area contributed by atoms with Crippen molar-refractivity contribution in [3.63, 3.8) is 0 Å². The molecule has 10 heteroatoms. The number of hydrogen-bond donors (Lipinski definition) is 1. The number of fused-ring (bicyclic) bond motifs is 1. The van der Waals surface area contributed by atoms with Crippen molar-refractivity contribution in [3.05, 3.63) is 111 Å². The molecule has 2 unspecified atom stereocenters. The Morgan fingerprint density at radius 3 is 2.56 bits per heavy atom. The Balaban J connectivity index is 1.58. The van der Waals surface area contributed by atoms with Crippen LogP contribution in [0.2, 0.25) is 0 Å². The van der Waals surface area contributed by atoms with Crippen LogP contribution in [0.1, 0.15) is 35.6 Å². The molecule has 2 atom stereocenters.